The molecule has 0 bridgehead atoms. The van der Waals surface area contributed by atoms with Crippen molar-refractivity contribution in [3.63, 3.8) is 0 Å². The molecule has 112 valence electrons. The maximum atomic E-state index is 5.81. The molecule has 0 aliphatic carbocycles. The van der Waals surface area contributed by atoms with Crippen LogP contribution in [0.3, 0.4) is 0 Å². The van der Waals surface area contributed by atoms with Crippen molar-refractivity contribution in [3.8, 4) is 17.2 Å². The summed E-state index contributed by atoms with van der Waals surface area (Å²) in [5.41, 5.74) is 1.96. The Morgan fingerprint density at radius 2 is 1.86 bits per heavy atom. The molecule has 0 radical (unpaired) electrons. The SMILES string of the molecule is COc1ccc(COc2cnc(C)cc2OCCBr)cc1. The number of hydrogen-bond acceptors (Lipinski definition) is 4. The Morgan fingerprint density at radius 3 is 2.52 bits per heavy atom. The molecule has 2 rings (SSSR count). The molecule has 1 aromatic carbocycles. The number of hydrogen-bond donors (Lipinski definition) is 0. The molecule has 0 atom stereocenters. The van der Waals surface area contributed by atoms with Gasteiger partial charge in [0.05, 0.1) is 19.9 Å². The number of alkyl halides is 1. The van der Waals surface area contributed by atoms with Crippen LogP contribution in [-0.2, 0) is 6.61 Å². The number of benzene rings is 1. The topological polar surface area (TPSA) is 40.6 Å². The van der Waals surface area contributed by atoms with E-state index in [1.54, 1.807) is 13.3 Å². The zero-order chi connectivity index (χ0) is 15.1. The molecule has 0 saturated carbocycles. The Balaban J connectivity index is 2.04. The summed E-state index contributed by atoms with van der Waals surface area (Å²) in [6, 6.07) is 9.65. The summed E-state index contributed by atoms with van der Waals surface area (Å²) in [5, 5.41) is 0.770. The fourth-order valence-corrected chi connectivity index (χ4v) is 1.94. The molecule has 0 unspecified atom stereocenters. The standard InChI is InChI=1S/C16H18BrNO3/c1-12-9-15(20-8-7-17)16(10-18-12)21-11-13-3-5-14(19-2)6-4-13/h3-6,9-10H,7-8,11H2,1-2H3. The van der Waals surface area contributed by atoms with Crippen molar-refractivity contribution in [1.29, 1.82) is 0 Å². The Morgan fingerprint density at radius 1 is 1.10 bits per heavy atom. The Kier molecular flexibility index (Phi) is 5.87. The van der Waals surface area contributed by atoms with Gasteiger partial charge in [0.25, 0.3) is 0 Å². The lowest BCUT2D eigenvalue weighted by molar-refractivity contribution is 0.269. The van der Waals surface area contributed by atoms with Crippen molar-refractivity contribution in [1.82, 2.24) is 4.98 Å². The molecule has 2 aromatic rings. The quantitative estimate of drug-likeness (QED) is 0.712. The molecule has 0 aliphatic rings. The number of nitrogens with zero attached hydrogens (tertiary/aromatic N) is 1. The van der Waals surface area contributed by atoms with Crippen LogP contribution in [0.4, 0.5) is 0 Å². The summed E-state index contributed by atoms with van der Waals surface area (Å²) in [5.74, 6) is 2.20. The van der Waals surface area contributed by atoms with Crippen LogP contribution in [0, 0.1) is 6.92 Å². The molecule has 0 saturated heterocycles. The molecule has 5 heteroatoms. The van der Waals surface area contributed by atoms with Crippen LogP contribution < -0.4 is 14.2 Å². The molecule has 1 aromatic heterocycles. The minimum atomic E-state index is 0.458. The molecule has 4 nitrogen and oxygen atoms in total. The van der Waals surface area contributed by atoms with Crippen LogP contribution in [0.2, 0.25) is 0 Å². The second kappa shape index (κ2) is 7.88. The van der Waals surface area contributed by atoms with Gasteiger partial charge in [0.15, 0.2) is 11.5 Å². The molecular formula is C16H18BrNO3. The van der Waals surface area contributed by atoms with E-state index < -0.39 is 0 Å². The van der Waals surface area contributed by atoms with E-state index in [4.69, 9.17) is 14.2 Å². The highest BCUT2D eigenvalue weighted by molar-refractivity contribution is 9.09. The number of aryl methyl sites for hydroxylation is 1. The van der Waals surface area contributed by atoms with E-state index >= 15 is 0 Å². The second-order valence-electron chi connectivity index (χ2n) is 4.45. The highest BCUT2D eigenvalue weighted by atomic mass is 79.9. The first kappa shape index (κ1) is 15.6. The third kappa shape index (κ3) is 4.63. The summed E-state index contributed by atoms with van der Waals surface area (Å²) in [6.45, 7) is 2.97. The Labute approximate surface area is 133 Å². The number of rotatable bonds is 7. The van der Waals surface area contributed by atoms with Gasteiger partial charge in [-0.25, -0.2) is 0 Å². The first-order valence-corrected chi connectivity index (χ1v) is 7.76. The van der Waals surface area contributed by atoms with E-state index in [2.05, 4.69) is 20.9 Å². The highest BCUT2D eigenvalue weighted by Gasteiger charge is 2.07. The molecule has 21 heavy (non-hydrogen) atoms. The third-order valence-corrected chi connectivity index (χ3v) is 3.18. The van der Waals surface area contributed by atoms with Crippen molar-refractivity contribution in [2.24, 2.45) is 0 Å². The number of aromatic nitrogens is 1. The summed E-state index contributed by atoms with van der Waals surface area (Å²) in [4.78, 5) is 4.25. The molecule has 0 amide bonds. The van der Waals surface area contributed by atoms with Gasteiger partial charge in [-0.3, -0.25) is 4.98 Å². The molecule has 0 aliphatic heterocycles. The van der Waals surface area contributed by atoms with Gasteiger partial charge in [-0.15, -0.1) is 0 Å². The van der Waals surface area contributed by atoms with Crippen LogP contribution in [-0.4, -0.2) is 24.0 Å². The van der Waals surface area contributed by atoms with E-state index in [9.17, 15) is 0 Å². The van der Waals surface area contributed by atoms with Crippen LogP contribution >= 0.6 is 15.9 Å². The highest BCUT2D eigenvalue weighted by Crippen LogP contribution is 2.27. The van der Waals surface area contributed by atoms with Crippen LogP contribution in [0.15, 0.2) is 36.5 Å². The maximum absolute atomic E-state index is 5.81. The molecule has 0 N–H and O–H groups in total. The zero-order valence-electron chi connectivity index (χ0n) is 12.1. The first-order valence-electron chi connectivity index (χ1n) is 6.64. The average molecular weight is 352 g/mol. The summed E-state index contributed by atoms with van der Waals surface area (Å²) >= 11 is 3.35. The van der Waals surface area contributed by atoms with Crippen molar-refractivity contribution < 1.29 is 14.2 Å². The zero-order valence-corrected chi connectivity index (χ0v) is 13.7. The van der Waals surface area contributed by atoms with Crippen LogP contribution in [0.25, 0.3) is 0 Å². The first-order chi connectivity index (χ1) is 10.2. The normalized spacial score (nSPS) is 10.2. The number of pyridine rings is 1. The second-order valence-corrected chi connectivity index (χ2v) is 5.24. The predicted molar refractivity (Wildman–Crippen MR) is 85.6 cm³/mol. The van der Waals surface area contributed by atoms with Gasteiger partial charge >= 0.3 is 0 Å². The van der Waals surface area contributed by atoms with Gasteiger partial charge in [0, 0.05) is 17.1 Å². The monoisotopic (exact) mass is 351 g/mol. The van der Waals surface area contributed by atoms with Crippen molar-refractivity contribution in [3.05, 3.63) is 47.8 Å². The molecule has 0 spiro atoms. The lowest BCUT2D eigenvalue weighted by Gasteiger charge is -2.12. The van der Waals surface area contributed by atoms with Gasteiger partial charge < -0.3 is 14.2 Å². The van der Waals surface area contributed by atoms with Crippen molar-refractivity contribution >= 4 is 15.9 Å². The van der Waals surface area contributed by atoms with E-state index in [0.29, 0.717) is 19.0 Å². The van der Waals surface area contributed by atoms with Gasteiger partial charge in [-0.2, -0.15) is 0 Å². The third-order valence-electron chi connectivity index (χ3n) is 2.86. The minimum Gasteiger partial charge on any atom is -0.497 e. The van der Waals surface area contributed by atoms with Crippen LogP contribution in [0.5, 0.6) is 17.2 Å². The lowest BCUT2D eigenvalue weighted by Crippen LogP contribution is -2.03. The fraction of sp³-hybridized carbons (Fsp3) is 0.312. The van der Waals surface area contributed by atoms with Crippen molar-refractivity contribution in [2.75, 3.05) is 19.0 Å². The smallest absolute Gasteiger partial charge is 0.179 e. The summed E-state index contributed by atoms with van der Waals surface area (Å²) < 4.78 is 16.6. The van der Waals surface area contributed by atoms with E-state index in [1.807, 2.05) is 37.3 Å². The van der Waals surface area contributed by atoms with E-state index in [-0.39, 0.29) is 0 Å². The fourth-order valence-electron chi connectivity index (χ4n) is 1.77. The molecule has 1 heterocycles. The number of halogens is 1. The van der Waals surface area contributed by atoms with Gasteiger partial charge in [-0.1, -0.05) is 28.1 Å². The Bertz CT molecular complexity index is 572. The van der Waals surface area contributed by atoms with Gasteiger partial charge in [-0.05, 0) is 24.6 Å². The van der Waals surface area contributed by atoms with E-state index in [0.717, 1.165) is 28.1 Å². The van der Waals surface area contributed by atoms with E-state index in [1.165, 1.54) is 0 Å². The minimum absolute atomic E-state index is 0.458. The molecular weight excluding hydrogens is 334 g/mol. The van der Waals surface area contributed by atoms with Gasteiger partial charge in [0.1, 0.15) is 12.4 Å². The average Bonchev–Trinajstić information content (AvgIpc) is 2.52. The van der Waals surface area contributed by atoms with Gasteiger partial charge in [0.2, 0.25) is 0 Å². The summed E-state index contributed by atoms with van der Waals surface area (Å²) in [6.07, 6.45) is 1.70. The predicted octanol–water partition coefficient (Wildman–Crippen LogP) is 3.75. The number of methoxy groups -OCH3 is 1. The van der Waals surface area contributed by atoms with Crippen molar-refractivity contribution in [2.45, 2.75) is 13.5 Å². The lowest BCUT2D eigenvalue weighted by atomic mass is 10.2. The largest absolute Gasteiger partial charge is 0.497 e. The van der Waals surface area contributed by atoms with Crippen LogP contribution in [0.1, 0.15) is 11.3 Å². The Hall–Kier alpha value is -1.75. The number of ether oxygens (including phenoxy) is 3. The maximum Gasteiger partial charge on any atom is 0.179 e. The summed E-state index contributed by atoms with van der Waals surface area (Å²) in [7, 11) is 1.65. The molecule has 0 fully saturated rings.